The van der Waals surface area contributed by atoms with Crippen LogP contribution in [0.1, 0.15) is 43.0 Å². The van der Waals surface area contributed by atoms with Crippen molar-refractivity contribution >= 4 is 17.2 Å². The fourth-order valence-corrected chi connectivity index (χ4v) is 3.99. The molecule has 0 saturated heterocycles. The number of allylic oxidation sites excluding steroid dienone is 3. The third-order valence-electron chi connectivity index (χ3n) is 5.56. The molecule has 1 atom stereocenters. The summed E-state index contributed by atoms with van der Waals surface area (Å²) in [7, 11) is 0. The van der Waals surface area contributed by atoms with Crippen LogP contribution in [-0.2, 0) is 0 Å². The largest absolute Gasteiger partial charge is 0.350 e. The Morgan fingerprint density at radius 2 is 1.50 bits per heavy atom. The van der Waals surface area contributed by atoms with Crippen LogP contribution in [-0.4, -0.2) is 5.87 Å². The standard InChI is InChI=1S/C28H32N2/c1-19-12-10-13-20(2)26(19)29-18-24(30-27-21(3)14-11-15-22(27)4)25(28(5,6)7)23-16-8-9-17-23/h8-16,25,30H,1-7H3/t25-/m0/s1. The van der Waals surface area contributed by atoms with Crippen molar-refractivity contribution in [2.24, 2.45) is 16.3 Å². The summed E-state index contributed by atoms with van der Waals surface area (Å²) in [5, 5.41) is 3.71. The molecule has 0 saturated carbocycles. The van der Waals surface area contributed by atoms with Crippen LogP contribution < -0.4 is 5.32 Å². The summed E-state index contributed by atoms with van der Waals surface area (Å²) in [6.07, 6.45) is 6.17. The highest BCUT2D eigenvalue weighted by Gasteiger charge is 2.32. The van der Waals surface area contributed by atoms with E-state index in [9.17, 15) is 0 Å². The molecule has 0 aliphatic heterocycles. The topological polar surface area (TPSA) is 24.4 Å². The number of para-hydroxylation sites is 2. The van der Waals surface area contributed by atoms with Crippen LogP contribution in [0.2, 0.25) is 0 Å². The Hall–Kier alpha value is -3.05. The molecule has 0 amide bonds. The quantitative estimate of drug-likeness (QED) is 0.410. The van der Waals surface area contributed by atoms with Gasteiger partial charge in [0.15, 0.2) is 0 Å². The lowest BCUT2D eigenvalue weighted by Gasteiger charge is -2.32. The molecule has 3 rings (SSSR count). The fourth-order valence-electron chi connectivity index (χ4n) is 3.99. The van der Waals surface area contributed by atoms with E-state index >= 15 is 0 Å². The van der Waals surface area contributed by atoms with E-state index in [1.165, 1.54) is 11.1 Å². The van der Waals surface area contributed by atoms with Crippen molar-refractivity contribution in [3.63, 3.8) is 0 Å². The molecule has 0 radical (unpaired) electrons. The zero-order valence-electron chi connectivity index (χ0n) is 19.2. The molecular weight excluding hydrogens is 364 g/mol. The number of aryl methyl sites for hydroxylation is 4. The van der Waals surface area contributed by atoms with Gasteiger partial charge in [0.25, 0.3) is 0 Å². The van der Waals surface area contributed by atoms with E-state index in [2.05, 4.69) is 108 Å². The number of anilines is 1. The summed E-state index contributed by atoms with van der Waals surface area (Å²) >= 11 is 0. The number of aliphatic imine (C=N–C) groups is 1. The Labute approximate surface area is 181 Å². The van der Waals surface area contributed by atoms with E-state index in [-0.39, 0.29) is 11.3 Å². The highest BCUT2D eigenvalue weighted by atomic mass is 14.9. The molecule has 2 aromatic carbocycles. The number of nitrogens with zero attached hydrogens (tertiary/aromatic N) is 1. The molecule has 1 aliphatic carbocycles. The smallest absolute Gasteiger partial charge is 0.0867 e. The molecule has 0 spiro atoms. The Morgan fingerprint density at radius 3 is 2.00 bits per heavy atom. The number of hydrogen-bond acceptors (Lipinski definition) is 2. The number of rotatable bonds is 5. The van der Waals surface area contributed by atoms with Crippen LogP contribution >= 0.6 is 0 Å². The van der Waals surface area contributed by atoms with Gasteiger partial charge >= 0.3 is 0 Å². The molecule has 1 aliphatic rings. The summed E-state index contributed by atoms with van der Waals surface area (Å²) in [5.41, 5.74) is 12.3. The summed E-state index contributed by atoms with van der Waals surface area (Å²) in [6, 6.07) is 12.6. The predicted molar refractivity (Wildman–Crippen MR) is 130 cm³/mol. The number of hydrogen-bond donors (Lipinski definition) is 1. The van der Waals surface area contributed by atoms with Gasteiger partial charge < -0.3 is 5.32 Å². The first-order chi connectivity index (χ1) is 14.2. The van der Waals surface area contributed by atoms with Crippen molar-refractivity contribution in [2.75, 3.05) is 5.32 Å². The normalized spacial score (nSPS) is 13.6. The van der Waals surface area contributed by atoms with Crippen molar-refractivity contribution in [3.8, 4) is 0 Å². The number of nitrogens with one attached hydrogen (secondary N) is 1. The van der Waals surface area contributed by atoms with Crippen LogP contribution in [0.4, 0.5) is 11.4 Å². The van der Waals surface area contributed by atoms with Gasteiger partial charge in [-0.1, -0.05) is 63.2 Å². The van der Waals surface area contributed by atoms with Crippen molar-refractivity contribution in [3.05, 3.63) is 93.9 Å². The Morgan fingerprint density at radius 1 is 0.933 bits per heavy atom. The molecule has 30 heavy (non-hydrogen) atoms. The van der Waals surface area contributed by atoms with Crippen molar-refractivity contribution in [1.82, 2.24) is 0 Å². The molecular formula is C28H32N2. The van der Waals surface area contributed by atoms with E-state index < -0.39 is 0 Å². The van der Waals surface area contributed by atoms with Crippen molar-refractivity contribution < 1.29 is 0 Å². The minimum atomic E-state index is -0.0346. The van der Waals surface area contributed by atoms with Gasteiger partial charge in [0.2, 0.25) is 0 Å². The zero-order valence-corrected chi connectivity index (χ0v) is 19.2. The summed E-state index contributed by atoms with van der Waals surface area (Å²) in [5.74, 6) is 3.51. The monoisotopic (exact) mass is 396 g/mol. The van der Waals surface area contributed by atoms with Crippen LogP contribution in [0.5, 0.6) is 0 Å². The minimum absolute atomic E-state index is 0.0346. The Bertz CT molecular complexity index is 1070. The lowest BCUT2D eigenvalue weighted by atomic mass is 9.74. The molecule has 154 valence electrons. The summed E-state index contributed by atoms with van der Waals surface area (Å²) in [6.45, 7) is 15.2. The lowest BCUT2D eigenvalue weighted by Crippen LogP contribution is -2.27. The summed E-state index contributed by atoms with van der Waals surface area (Å²) < 4.78 is 0. The van der Waals surface area contributed by atoms with Gasteiger partial charge in [0.1, 0.15) is 0 Å². The minimum Gasteiger partial charge on any atom is -0.350 e. The van der Waals surface area contributed by atoms with E-state index in [0.29, 0.717) is 0 Å². The van der Waals surface area contributed by atoms with Crippen LogP contribution in [0.15, 0.2) is 76.6 Å². The third kappa shape index (κ3) is 4.74. The first-order valence-electron chi connectivity index (χ1n) is 10.5. The van der Waals surface area contributed by atoms with Gasteiger partial charge in [0.05, 0.1) is 11.4 Å². The average Bonchev–Trinajstić information content (AvgIpc) is 3.17. The average molecular weight is 397 g/mol. The Balaban J connectivity index is 2.21. The second-order valence-electron chi connectivity index (χ2n) is 9.19. The van der Waals surface area contributed by atoms with Crippen molar-refractivity contribution in [1.29, 1.82) is 0 Å². The highest BCUT2D eigenvalue weighted by molar-refractivity contribution is 5.74. The van der Waals surface area contributed by atoms with E-state index in [1.807, 2.05) is 12.2 Å². The van der Waals surface area contributed by atoms with E-state index in [0.717, 1.165) is 33.8 Å². The number of benzene rings is 2. The predicted octanol–water partition coefficient (Wildman–Crippen LogP) is 7.53. The zero-order chi connectivity index (χ0) is 21.9. The van der Waals surface area contributed by atoms with Crippen LogP contribution in [0, 0.1) is 39.0 Å². The molecule has 1 N–H and O–H groups in total. The maximum absolute atomic E-state index is 4.84. The second-order valence-corrected chi connectivity index (χ2v) is 9.19. The van der Waals surface area contributed by atoms with Crippen LogP contribution in [0.3, 0.4) is 0 Å². The molecule has 0 fully saturated rings. The lowest BCUT2D eigenvalue weighted by molar-refractivity contribution is 0.325. The summed E-state index contributed by atoms with van der Waals surface area (Å²) in [4.78, 5) is 4.84. The van der Waals surface area contributed by atoms with Gasteiger partial charge in [-0.05, 0) is 67.5 Å². The van der Waals surface area contributed by atoms with E-state index in [4.69, 9.17) is 4.99 Å². The molecule has 2 aromatic rings. The van der Waals surface area contributed by atoms with Gasteiger partial charge in [-0.25, -0.2) is 4.99 Å². The molecule has 0 heterocycles. The van der Waals surface area contributed by atoms with Gasteiger partial charge in [-0.15, -0.1) is 5.73 Å². The van der Waals surface area contributed by atoms with Crippen molar-refractivity contribution in [2.45, 2.75) is 48.5 Å². The van der Waals surface area contributed by atoms with Crippen LogP contribution in [0.25, 0.3) is 0 Å². The maximum atomic E-state index is 4.84. The SMILES string of the molecule is Cc1cccc(C)c1N=C=C(Nc1c(C)cccc1C)[C@H](C1=C=CC=C1)C(C)(C)C. The fraction of sp³-hybridized carbons (Fsp3) is 0.321. The molecule has 0 bridgehead atoms. The third-order valence-corrected chi connectivity index (χ3v) is 5.56. The van der Waals surface area contributed by atoms with Gasteiger partial charge in [-0.3, -0.25) is 0 Å². The van der Waals surface area contributed by atoms with Gasteiger partial charge in [-0.2, -0.15) is 0 Å². The second kappa shape index (κ2) is 8.76. The molecule has 2 heteroatoms. The van der Waals surface area contributed by atoms with Gasteiger partial charge in [0, 0.05) is 23.0 Å². The highest BCUT2D eigenvalue weighted by Crippen LogP contribution is 2.39. The molecule has 0 aromatic heterocycles. The molecule has 0 unspecified atom stereocenters. The Kier molecular flexibility index (Phi) is 6.32. The first-order valence-corrected chi connectivity index (χ1v) is 10.5. The molecule has 2 nitrogen and oxygen atoms in total. The first kappa shape index (κ1) is 21.7. The van der Waals surface area contributed by atoms with E-state index in [1.54, 1.807) is 0 Å². The maximum Gasteiger partial charge on any atom is 0.0867 e.